The van der Waals surface area contributed by atoms with E-state index < -0.39 is 0 Å². The Morgan fingerprint density at radius 1 is 0.680 bits per heavy atom. The second-order valence-electron chi connectivity index (χ2n) is 14.6. The molecule has 2 heterocycles. The molecule has 6 aliphatic rings. The Morgan fingerprint density at radius 3 is 2.34 bits per heavy atom. The molecule has 0 N–H and O–H groups in total. The van der Waals surface area contributed by atoms with Crippen LogP contribution in [-0.2, 0) is 6.42 Å². The van der Waals surface area contributed by atoms with E-state index in [-0.39, 0.29) is 0 Å². The minimum Gasteiger partial charge on any atom is -0.360 e. The van der Waals surface area contributed by atoms with Gasteiger partial charge in [0.2, 0.25) is 0 Å². The van der Waals surface area contributed by atoms with Crippen LogP contribution >= 0.6 is 0 Å². The van der Waals surface area contributed by atoms with Crippen LogP contribution in [0, 0.1) is 11.8 Å². The number of hydrogen-bond donors (Lipinski definition) is 0. The quantitative estimate of drug-likeness (QED) is 0.209. The predicted octanol–water partition coefficient (Wildman–Crippen LogP) is 11.2. The molecule has 0 spiro atoms. The SMILES string of the molecule is C1=CCC(N2C3=C(C=CCC3C3=Cc4c(n(C5=CC(c6ccccc6)=CC(c6ccccc6)C5)c5ccccc45)CC3)C3C=CC=CC32)C=C1. The van der Waals surface area contributed by atoms with E-state index in [1.807, 2.05) is 0 Å². The summed E-state index contributed by atoms with van der Waals surface area (Å²) in [4.78, 5) is 2.79. The highest BCUT2D eigenvalue weighted by atomic mass is 15.2. The number of fused-ring (bicyclic) bond motifs is 5. The molecule has 1 aromatic heterocycles. The van der Waals surface area contributed by atoms with E-state index in [0.717, 1.165) is 32.1 Å². The van der Waals surface area contributed by atoms with E-state index in [4.69, 9.17) is 0 Å². The molecule has 10 rings (SSSR count). The number of para-hydroxylation sites is 1. The number of allylic oxidation sites excluding steroid dienone is 11. The normalized spacial score (nSPS) is 26.4. The van der Waals surface area contributed by atoms with Crippen molar-refractivity contribution >= 4 is 28.2 Å². The van der Waals surface area contributed by atoms with Gasteiger partial charge in [0, 0.05) is 45.8 Å². The van der Waals surface area contributed by atoms with Gasteiger partial charge in [0.05, 0.1) is 17.6 Å². The largest absolute Gasteiger partial charge is 0.360 e. The minimum atomic E-state index is 0.320. The van der Waals surface area contributed by atoms with E-state index >= 15 is 0 Å². The third-order valence-corrected chi connectivity index (χ3v) is 11.9. The molecular weight excluding hydrogens is 605 g/mol. The first-order valence-corrected chi connectivity index (χ1v) is 18.5. The highest BCUT2D eigenvalue weighted by Gasteiger charge is 2.44. The average Bonchev–Trinajstić information content (AvgIpc) is 3.71. The van der Waals surface area contributed by atoms with Crippen molar-refractivity contribution in [3.63, 3.8) is 0 Å². The fourth-order valence-electron chi connectivity index (χ4n) is 9.67. The third kappa shape index (κ3) is 4.84. The zero-order chi connectivity index (χ0) is 33.0. The first-order valence-electron chi connectivity index (χ1n) is 18.5. The highest BCUT2D eigenvalue weighted by Crippen LogP contribution is 2.51. The molecule has 2 heteroatoms. The summed E-state index contributed by atoms with van der Waals surface area (Å²) in [5.41, 5.74) is 14.3. The van der Waals surface area contributed by atoms with Crippen LogP contribution < -0.4 is 0 Å². The van der Waals surface area contributed by atoms with Gasteiger partial charge in [-0.2, -0.15) is 0 Å². The maximum atomic E-state index is 2.79. The molecule has 50 heavy (non-hydrogen) atoms. The van der Waals surface area contributed by atoms with Gasteiger partial charge in [-0.05, 0) is 66.5 Å². The fraction of sp³-hybridized carbons (Fsp3) is 0.208. The van der Waals surface area contributed by atoms with Crippen LogP contribution in [0.3, 0.4) is 0 Å². The topological polar surface area (TPSA) is 8.17 Å². The summed E-state index contributed by atoms with van der Waals surface area (Å²) in [6, 6.07) is 31.9. The summed E-state index contributed by atoms with van der Waals surface area (Å²) in [6.07, 6.45) is 36.4. The van der Waals surface area contributed by atoms with Gasteiger partial charge in [0.15, 0.2) is 0 Å². The molecule has 0 saturated carbocycles. The molecule has 1 aliphatic heterocycles. The number of nitrogens with zero attached hydrogens (tertiary/aromatic N) is 2. The van der Waals surface area contributed by atoms with Crippen LogP contribution in [0.4, 0.5) is 0 Å². The van der Waals surface area contributed by atoms with Crippen LogP contribution in [0.25, 0.3) is 28.2 Å². The Morgan fingerprint density at radius 2 is 1.48 bits per heavy atom. The molecule has 4 aromatic rings. The molecular formula is C48H42N2. The highest BCUT2D eigenvalue weighted by molar-refractivity contribution is 5.96. The summed E-state index contributed by atoms with van der Waals surface area (Å²) in [5, 5.41) is 1.37. The molecule has 0 radical (unpaired) electrons. The van der Waals surface area contributed by atoms with Crippen LogP contribution in [0.5, 0.6) is 0 Å². The average molecular weight is 647 g/mol. The van der Waals surface area contributed by atoms with E-state index in [1.165, 1.54) is 50.1 Å². The van der Waals surface area contributed by atoms with Crippen LogP contribution in [-0.4, -0.2) is 21.6 Å². The smallest absolute Gasteiger partial charge is 0.0583 e. The molecule has 0 bridgehead atoms. The van der Waals surface area contributed by atoms with Crippen molar-refractivity contribution in [2.45, 2.75) is 50.1 Å². The van der Waals surface area contributed by atoms with Crippen molar-refractivity contribution in [2.75, 3.05) is 0 Å². The number of hydrogen-bond acceptors (Lipinski definition) is 1. The zero-order valence-corrected chi connectivity index (χ0v) is 28.4. The Labute approximate surface area is 295 Å². The van der Waals surface area contributed by atoms with E-state index in [0.29, 0.717) is 29.8 Å². The van der Waals surface area contributed by atoms with Crippen molar-refractivity contribution < 1.29 is 0 Å². The van der Waals surface area contributed by atoms with Crippen molar-refractivity contribution in [2.24, 2.45) is 11.8 Å². The van der Waals surface area contributed by atoms with Gasteiger partial charge in [-0.3, -0.25) is 0 Å². The molecule has 3 aromatic carbocycles. The van der Waals surface area contributed by atoms with Gasteiger partial charge in [-0.1, -0.05) is 157 Å². The molecule has 244 valence electrons. The molecule has 0 amide bonds. The summed E-state index contributed by atoms with van der Waals surface area (Å²) in [6.45, 7) is 0. The van der Waals surface area contributed by atoms with Crippen LogP contribution in [0.1, 0.15) is 54.0 Å². The van der Waals surface area contributed by atoms with Gasteiger partial charge < -0.3 is 9.47 Å². The standard InChI is InChI=1S/C48H42N2/c1-4-15-33(16-5-1)36-29-37(34-17-6-2-7-18-34)31-39(30-36)49-45-25-12-11-22-42(45)44-32-35(27-28-47(44)49)40-23-14-24-43-41-21-10-13-26-46(41)50(48(40)43)38-19-8-3-9-20-38/h1-19,21-22,24-26,29-30,32,37-38,40-41,46H,20,23,27-28,31H2. The van der Waals surface area contributed by atoms with E-state index in [9.17, 15) is 0 Å². The van der Waals surface area contributed by atoms with Crippen molar-refractivity contribution in [1.29, 1.82) is 0 Å². The number of aromatic nitrogens is 1. The second-order valence-corrected chi connectivity index (χ2v) is 14.6. The van der Waals surface area contributed by atoms with Gasteiger partial charge >= 0.3 is 0 Å². The predicted molar refractivity (Wildman–Crippen MR) is 209 cm³/mol. The maximum absolute atomic E-state index is 2.79. The Balaban J connectivity index is 1.09. The molecule has 5 atom stereocenters. The first kappa shape index (κ1) is 29.6. The molecule has 5 aliphatic carbocycles. The minimum absolute atomic E-state index is 0.320. The molecule has 0 saturated heterocycles. The number of benzene rings is 3. The lowest BCUT2D eigenvalue weighted by Gasteiger charge is -2.40. The van der Waals surface area contributed by atoms with Gasteiger partial charge in [0.1, 0.15) is 0 Å². The zero-order valence-electron chi connectivity index (χ0n) is 28.4. The first-order chi connectivity index (χ1) is 24.8. The summed E-state index contributed by atoms with van der Waals surface area (Å²) < 4.78 is 2.64. The molecule has 0 fully saturated rings. The second kappa shape index (κ2) is 12.2. The maximum Gasteiger partial charge on any atom is 0.0583 e. The Kier molecular flexibility index (Phi) is 7.22. The Bertz CT molecular complexity index is 2260. The van der Waals surface area contributed by atoms with Crippen molar-refractivity contribution in [3.8, 4) is 0 Å². The lowest BCUT2D eigenvalue weighted by molar-refractivity contribution is 0.231. The number of rotatable bonds is 5. The van der Waals surface area contributed by atoms with Gasteiger partial charge in [-0.15, -0.1) is 0 Å². The summed E-state index contributed by atoms with van der Waals surface area (Å²) in [5.74, 6) is 1.15. The van der Waals surface area contributed by atoms with E-state index in [1.54, 1.807) is 11.3 Å². The van der Waals surface area contributed by atoms with Crippen LogP contribution in [0.15, 0.2) is 175 Å². The van der Waals surface area contributed by atoms with Crippen molar-refractivity contribution in [1.82, 2.24) is 9.47 Å². The van der Waals surface area contributed by atoms with Crippen LogP contribution in [0.2, 0.25) is 0 Å². The lowest BCUT2D eigenvalue weighted by atomic mass is 9.79. The molecule has 5 unspecified atom stereocenters. The monoisotopic (exact) mass is 646 g/mol. The summed E-state index contributed by atoms with van der Waals surface area (Å²) >= 11 is 0. The summed E-state index contributed by atoms with van der Waals surface area (Å²) in [7, 11) is 0. The van der Waals surface area contributed by atoms with E-state index in [2.05, 4.69) is 173 Å². The fourth-order valence-corrected chi connectivity index (χ4v) is 9.67. The Hall–Kier alpha value is -5.34. The third-order valence-electron chi connectivity index (χ3n) is 11.9. The van der Waals surface area contributed by atoms with Gasteiger partial charge in [-0.25, -0.2) is 0 Å². The molecule has 2 nitrogen and oxygen atoms in total. The van der Waals surface area contributed by atoms with Gasteiger partial charge in [0.25, 0.3) is 0 Å². The van der Waals surface area contributed by atoms with Crippen molar-refractivity contribution in [3.05, 3.63) is 197 Å². The lowest BCUT2D eigenvalue weighted by Crippen LogP contribution is -2.42.